The van der Waals surface area contributed by atoms with E-state index in [2.05, 4.69) is 50.5 Å². The first-order chi connectivity index (χ1) is 23.5. The fraction of sp³-hybridized carbons (Fsp3) is 0.905. The summed E-state index contributed by atoms with van der Waals surface area (Å²) in [4.78, 5) is 33.2. The number of aliphatic carboxylic acids is 1. The zero-order valence-electron chi connectivity index (χ0n) is 31.3. The van der Waals surface area contributed by atoms with Gasteiger partial charge < -0.3 is 24.3 Å². The molecule has 4 bridgehead atoms. The molecule has 3 unspecified atom stereocenters. The van der Waals surface area contributed by atoms with E-state index in [0.717, 1.165) is 75.8 Å². The van der Waals surface area contributed by atoms with Crippen LogP contribution in [0.2, 0.25) is 0 Å². The van der Waals surface area contributed by atoms with Gasteiger partial charge in [-0.1, -0.05) is 64.5 Å². The Morgan fingerprint density at radius 2 is 1.65 bits per heavy atom. The number of hydrogen-bond donors (Lipinski definition) is 1. The van der Waals surface area contributed by atoms with Crippen molar-refractivity contribution in [2.24, 2.45) is 63.6 Å². The Bertz CT molecular complexity index is 1280. The van der Waals surface area contributed by atoms with Crippen molar-refractivity contribution in [2.45, 2.75) is 136 Å². The van der Waals surface area contributed by atoms with Crippen LogP contribution in [0.3, 0.4) is 0 Å². The number of aldehydes is 1. The Morgan fingerprint density at radius 3 is 2.31 bits per heavy atom. The number of rotatable bonds is 10. The molecule has 7 nitrogen and oxygen atoms in total. The van der Waals surface area contributed by atoms with Crippen LogP contribution >= 0.6 is 0 Å². The van der Waals surface area contributed by atoms with Gasteiger partial charge in [-0.15, -0.1) is 0 Å². The maximum atomic E-state index is 14.2. The van der Waals surface area contributed by atoms with E-state index in [0.29, 0.717) is 36.4 Å². The van der Waals surface area contributed by atoms with Crippen molar-refractivity contribution in [3.05, 3.63) is 11.6 Å². The zero-order chi connectivity index (χ0) is 34.3. The van der Waals surface area contributed by atoms with Crippen LogP contribution in [-0.4, -0.2) is 90.8 Å². The Hall–Kier alpha value is -1.28. The SMILES string of the molecule is CC(C)C1=CC2CC3(C=O)[C@@H]4CC[C@@H](C)[C@H]4CC2([C@H]2C[C@@H](CC4CCCC4)[C@H](CN4CCC(CN5C[C@@H](C)O[C@@H](C)C5)CC4)O2)[C@]13C(=O)O. The highest BCUT2D eigenvalue weighted by atomic mass is 16.5. The summed E-state index contributed by atoms with van der Waals surface area (Å²) in [7, 11) is 0. The standard InChI is InChI=1S/C42H66N2O5/c1-26(2)36-18-33-19-40(25-45)35-11-10-27(3)34(35)20-41(33,42(36,40)39(46)47)38-17-32(16-30-8-6-7-9-30)37(49-38)24-43-14-12-31(13-15-43)23-44-21-28(4)48-29(5)22-44/h18,25-35,37-38H,6-17,19-24H2,1-5H3,(H,46,47)/t27-,28-,29+,32-,33?,34-,35-,37+,38-,40?,41?,42+/m1/s1. The first-order valence-electron chi connectivity index (χ1n) is 20.7. The summed E-state index contributed by atoms with van der Waals surface area (Å²) in [6, 6.07) is 0. The van der Waals surface area contributed by atoms with Gasteiger partial charge in [0, 0.05) is 31.6 Å². The van der Waals surface area contributed by atoms with E-state index in [1.54, 1.807) is 0 Å². The quantitative estimate of drug-likeness (QED) is 0.195. The van der Waals surface area contributed by atoms with E-state index < -0.39 is 22.2 Å². The third-order valence-corrected chi connectivity index (χ3v) is 16.2. The molecule has 7 heteroatoms. The van der Waals surface area contributed by atoms with Crippen LogP contribution in [0, 0.1) is 63.6 Å². The van der Waals surface area contributed by atoms with E-state index in [-0.39, 0.29) is 30.0 Å². The maximum absolute atomic E-state index is 14.2. The first-order valence-corrected chi connectivity index (χ1v) is 20.7. The highest BCUT2D eigenvalue weighted by Crippen LogP contribution is 2.84. The van der Waals surface area contributed by atoms with Gasteiger partial charge in [0.05, 0.1) is 29.8 Å². The average molecular weight is 679 g/mol. The predicted octanol–water partition coefficient (Wildman–Crippen LogP) is 7.09. The normalized spacial score (nSPS) is 47.6. The van der Waals surface area contributed by atoms with Crippen molar-refractivity contribution in [1.29, 1.82) is 0 Å². The molecule has 0 aromatic rings. The number of allylic oxidation sites excluding steroid dienone is 1. The van der Waals surface area contributed by atoms with Crippen molar-refractivity contribution in [2.75, 3.05) is 39.3 Å². The van der Waals surface area contributed by atoms with Crippen LogP contribution in [0.1, 0.15) is 112 Å². The van der Waals surface area contributed by atoms with Gasteiger partial charge in [-0.3, -0.25) is 9.69 Å². The lowest BCUT2D eigenvalue weighted by molar-refractivity contribution is -0.197. The summed E-state index contributed by atoms with van der Waals surface area (Å²) in [5.41, 5.74) is -1.43. The molecule has 12 atom stereocenters. The summed E-state index contributed by atoms with van der Waals surface area (Å²) in [5, 5.41) is 11.6. The smallest absolute Gasteiger partial charge is 0.315 e. The molecular formula is C42H66N2O5. The lowest BCUT2D eigenvalue weighted by Crippen LogP contribution is -2.65. The number of ether oxygens (including phenoxy) is 2. The molecule has 0 spiro atoms. The van der Waals surface area contributed by atoms with Crippen molar-refractivity contribution >= 4 is 12.3 Å². The van der Waals surface area contributed by atoms with Crippen molar-refractivity contribution < 1.29 is 24.2 Å². The number of piperidine rings is 1. The predicted molar refractivity (Wildman–Crippen MR) is 191 cm³/mol. The molecule has 0 aromatic carbocycles. The van der Waals surface area contributed by atoms with Gasteiger partial charge in [-0.25, -0.2) is 0 Å². The number of carbonyl (C=O) groups is 2. The molecule has 0 aromatic heterocycles. The molecule has 3 heterocycles. The van der Waals surface area contributed by atoms with E-state index in [4.69, 9.17) is 9.47 Å². The number of carboxylic acids is 1. The summed E-state index contributed by atoms with van der Waals surface area (Å²) in [6.07, 6.45) is 18.0. The Balaban J connectivity index is 1.06. The van der Waals surface area contributed by atoms with Gasteiger partial charge in [0.25, 0.3) is 0 Å². The van der Waals surface area contributed by atoms with Gasteiger partial charge in [-0.05, 0) is 119 Å². The van der Waals surface area contributed by atoms with Crippen LogP contribution in [-0.2, 0) is 19.1 Å². The lowest BCUT2D eigenvalue weighted by Gasteiger charge is -2.60. The molecule has 8 aliphatic rings. The van der Waals surface area contributed by atoms with Gasteiger partial charge >= 0.3 is 5.97 Å². The fourth-order valence-corrected chi connectivity index (χ4v) is 14.5. The minimum atomic E-state index is -1.14. The number of carboxylic acid groups (broad SMARTS) is 1. The summed E-state index contributed by atoms with van der Waals surface area (Å²) in [6.45, 7) is 17.6. The molecular weight excluding hydrogens is 612 g/mol. The lowest BCUT2D eigenvalue weighted by atomic mass is 9.41. The fourth-order valence-electron chi connectivity index (χ4n) is 14.5. The molecule has 49 heavy (non-hydrogen) atoms. The third kappa shape index (κ3) is 5.23. The third-order valence-electron chi connectivity index (χ3n) is 16.2. The van der Waals surface area contributed by atoms with Crippen LogP contribution in [0.15, 0.2) is 11.6 Å². The van der Waals surface area contributed by atoms with Crippen molar-refractivity contribution in [1.82, 2.24) is 9.80 Å². The Morgan fingerprint density at radius 1 is 0.939 bits per heavy atom. The second-order valence-electron chi connectivity index (χ2n) is 19.1. The average Bonchev–Trinajstić information content (AvgIpc) is 3.87. The second-order valence-corrected chi connectivity index (χ2v) is 19.1. The monoisotopic (exact) mass is 678 g/mol. The molecule has 3 aliphatic heterocycles. The topological polar surface area (TPSA) is 79.3 Å². The van der Waals surface area contributed by atoms with Crippen molar-refractivity contribution in [3.63, 3.8) is 0 Å². The first kappa shape index (κ1) is 34.8. The Labute approximate surface area is 296 Å². The van der Waals surface area contributed by atoms with E-state index >= 15 is 0 Å². The zero-order valence-corrected chi connectivity index (χ0v) is 31.3. The maximum Gasteiger partial charge on any atom is 0.315 e. The van der Waals surface area contributed by atoms with Crippen molar-refractivity contribution in [3.8, 4) is 0 Å². The highest BCUT2D eigenvalue weighted by Gasteiger charge is 2.86. The number of fused-ring (bicyclic) bond motifs is 2. The number of nitrogens with zero attached hydrogens (tertiary/aromatic N) is 2. The molecule has 8 rings (SSSR count). The van der Waals surface area contributed by atoms with Crippen LogP contribution in [0.4, 0.5) is 0 Å². The molecule has 5 aliphatic carbocycles. The van der Waals surface area contributed by atoms with E-state index in [1.807, 2.05) is 0 Å². The number of carbonyl (C=O) groups excluding carboxylic acids is 1. The molecule has 4 saturated carbocycles. The molecule has 0 radical (unpaired) electrons. The van der Waals surface area contributed by atoms with Gasteiger partial charge in [0.1, 0.15) is 11.7 Å². The number of hydrogen-bond acceptors (Lipinski definition) is 6. The van der Waals surface area contributed by atoms with Gasteiger partial charge in [0.15, 0.2) is 0 Å². The van der Waals surface area contributed by atoms with Gasteiger partial charge in [-0.2, -0.15) is 0 Å². The highest BCUT2D eigenvalue weighted by molar-refractivity contribution is 5.90. The molecule has 0 amide bonds. The summed E-state index contributed by atoms with van der Waals surface area (Å²) in [5.74, 6) is 2.58. The van der Waals surface area contributed by atoms with Crippen LogP contribution in [0.25, 0.3) is 0 Å². The Kier molecular flexibility index (Phi) is 9.22. The molecule has 274 valence electrons. The second kappa shape index (κ2) is 13.0. The number of morpholine rings is 1. The summed E-state index contributed by atoms with van der Waals surface area (Å²) < 4.78 is 13.5. The van der Waals surface area contributed by atoms with E-state index in [9.17, 15) is 14.7 Å². The minimum Gasteiger partial charge on any atom is -0.481 e. The number of likely N-dealkylation sites (tertiary alicyclic amines) is 1. The van der Waals surface area contributed by atoms with E-state index in [1.165, 1.54) is 57.8 Å². The molecule has 1 N–H and O–H groups in total. The van der Waals surface area contributed by atoms with Crippen LogP contribution in [0.5, 0.6) is 0 Å². The minimum absolute atomic E-state index is 0.101. The summed E-state index contributed by atoms with van der Waals surface area (Å²) >= 11 is 0. The van der Waals surface area contributed by atoms with Gasteiger partial charge in [0.2, 0.25) is 0 Å². The molecule has 7 fully saturated rings. The molecule has 3 saturated heterocycles. The van der Waals surface area contributed by atoms with Crippen LogP contribution < -0.4 is 0 Å². The largest absolute Gasteiger partial charge is 0.481 e.